The lowest BCUT2D eigenvalue weighted by atomic mass is 10.3. The molecular formula is C15H13ClN2O2S2. The average molecular weight is 353 g/mol. The van der Waals surface area contributed by atoms with E-state index in [0.717, 1.165) is 10.6 Å². The minimum atomic E-state index is -0.00971. The van der Waals surface area contributed by atoms with E-state index in [1.807, 2.05) is 23.6 Å². The predicted octanol–water partition coefficient (Wildman–Crippen LogP) is 3.82. The minimum Gasteiger partial charge on any atom is -0.493 e. The number of thioether (sulfide) groups is 1. The van der Waals surface area contributed by atoms with Crippen LogP contribution in [0.25, 0.3) is 10.2 Å². The summed E-state index contributed by atoms with van der Waals surface area (Å²) in [5.41, 5.74) is -0.00971. The zero-order valence-corrected chi connectivity index (χ0v) is 14.2. The number of rotatable bonds is 5. The molecule has 0 atom stereocenters. The number of nitrogens with zero attached hydrogens (tertiary/aromatic N) is 2. The molecule has 0 aliphatic rings. The predicted molar refractivity (Wildman–Crippen MR) is 92.5 cm³/mol. The molecule has 0 fully saturated rings. The summed E-state index contributed by atoms with van der Waals surface area (Å²) in [6.07, 6.45) is 0. The zero-order valence-electron chi connectivity index (χ0n) is 11.8. The first-order valence-corrected chi connectivity index (χ1v) is 8.85. The highest BCUT2D eigenvalue weighted by Crippen LogP contribution is 2.21. The summed E-state index contributed by atoms with van der Waals surface area (Å²) in [6, 6.07) is 9.10. The Hall–Kier alpha value is -1.50. The first-order valence-electron chi connectivity index (χ1n) is 6.60. The molecule has 0 aliphatic heterocycles. The fraction of sp³-hybridized carbons (Fsp3) is 0.200. The number of ether oxygens (including phenoxy) is 1. The summed E-state index contributed by atoms with van der Waals surface area (Å²) in [4.78, 5) is 17.5. The van der Waals surface area contributed by atoms with Crippen molar-refractivity contribution in [1.82, 2.24) is 9.55 Å². The fourth-order valence-electron chi connectivity index (χ4n) is 1.96. The number of fused-ring (bicyclic) bond motifs is 1. The molecule has 0 spiro atoms. The van der Waals surface area contributed by atoms with Gasteiger partial charge in [-0.05, 0) is 29.6 Å². The van der Waals surface area contributed by atoms with Crippen molar-refractivity contribution >= 4 is 44.9 Å². The van der Waals surface area contributed by atoms with Crippen molar-refractivity contribution in [3.63, 3.8) is 0 Å². The molecule has 0 amide bonds. The Morgan fingerprint density at radius 2 is 2.27 bits per heavy atom. The topological polar surface area (TPSA) is 44.1 Å². The molecule has 4 nitrogen and oxygen atoms in total. The van der Waals surface area contributed by atoms with Gasteiger partial charge in [-0.15, -0.1) is 11.3 Å². The Bertz CT molecular complexity index is 860. The van der Waals surface area contributed by atoms with Crippen LogP contribution in [-0.2, 0) is 7.05 Å². The highest BCUT2D eigenvalue weighted by molar-refractivity contribution is 7.99. The maximum Gasteiger partial charge on any atom is 0.262 e. The van der Waals surface area contributed by atoms with Gasteiger partial charge in [0.25, 0.3) is 5.56 Å². The summed E-state index contributed by atoms with van der Waals surface area (Å²) >= 11 is 8.89. The molecule has 3 aromatic rings. The van der Waals surface area contributed by atoms with Gasteiger partial charge in [-0.3, -0.25) is 9.36 Å². The second-order valence-corrected chi connectivity index (χ2v) is 6.95. The normalized spacial score (nSPS) is 11.0. The number of hydrogen-bond donors (Lipinski definition) is 0. The van der Waals surface area contributed by atoms with E-state index in [4.69, 9.17) is 16.3 Å². The Kier molecular flexibility index (Phi) is 4.71. The van der Waals surface area contributed by atoms with Gasteiger partial charge >= 0.3 is 0 Å². The van der Waals surface area contributed by atoms with E-state index >= 15 is 0 Å². The van der Waals surface area contributed by atoms with E-state index in [9.17, 15) is 4.79 Å². The van der Waals surface area contributed by atoms with Crippen LogP contribution in [0.15, 0.2) is 45.7 Å². The van der Waals surface area contributed by atoms with Gasteiger partial charge in [-0.2, -0.15) is 0 Å². The van der Waals surface area contributed by atoms with Crippen molar-refractivity contribution in [2.24, 2.45) is 7.05 Å². The first kappa shape index (κ1) is 15.4. The molecule has 7 heteroatoms. The third-order valence-corrected chi connectivity index (χ3v) is 5.08. The maximum atomic E-state index is 12.2. The van der Waals surface area contributed by atoms with Gasteiger partial charge in [-0.1, -0.05) is 29.4 Å². The molecule has 0 saturated carbocycles. The van der Waals surface area contributed by atoms with Crippen LogP contribution in [0.4, 0.5) is 0 Å². The lowest BCUT2D eigenvalue weighted by molar-refractivity contribution is 0.344. The van der Waals surface area contributed by atoms with Crippen molar-refractivity contribution < 1.29 is 4.74 Å². The Morgan fingerprint density at radius 3 is 3.09 bits per heavy atom. The third kappa shape index (κ3) is 3.29. The van der Waals surface area contributed by atoms with Gasteiger partial charge in [0.2, 0.25) is 0 Å². The van der Waals surface area contributed by atoms with Gasteiger partial charge in [0.05, 0.1) is 12.0 Å². The third-order valence-electron chi connectivity index (χ3n) is 3.04. The molecule has 1 aromatic carbocycles. The van der Waals surface area contributed by atoms with Crippen molar-refractivity contribution in [1.29, 1.82) is 0 Å². The number of halogens is 1. The summed E-state index contributed by atoms with van der Waals surface area (Å²) in [5.74, 6) is 1.44. The average Bonchev–Trinajstić information content (AvgIpc) is 2.97. The zero-order chi connectivity index (χ0) is 15.5. The standard InChI is InChI=1S/C15H13ClN2O2S2/c1-18-14(19)12-5-7-21-13(12)17-15(18)22-8-6-20-11-4-2-3-10(16)9-11/h2-5,7,9H,6,8H2,1H3. The second kappa shape index (κ2) is 6.73. The van der Waals surface area contributed by atoms with Crippen LogP contribution in [0.3, 0.4) is 0 Å². The van der Waals surface area contributed by atoms with Crippen LogP contribution in [0, 0.1) is 0 Å². The summed E-state index contributed by atoms with van der Waals surface area (Å²) in [7, 11) is 1.74. The number of hydrogen-bond acceptors (Lipinski definition) is 5. The van der Waals surface area contributed by atoms with Crippen LogP contribution >= 0.6 is 34.7 Å². The highest BCUT2D eigenvalue weighted by Gasteiger charge is 2.09. The summed E-state index contributed by atoms with van der Waals surface area (Å²) < 4.78 is 7.22. The maximum absolute atomic E-state index is 12.2. The smallest absolute Gasteiger partial charge is 0.262 e. The van der Waals surface area contributed by atoms with Gasteiger partial charge in [0.15, 0.2) is 5.16 Å². The van der Waals surface area contributed by atoms with E-state index < -0.39 is 0 Å². The number of thiophene rings is 1. The van der Waals surface area contributed by atoms with E-state index in [1.54, 1.807) is 23.7 Å². The summed E-state index contributed by atoms with van der Waals surface area (Å²) in [6.45, 7) is 0.517. The molecule has 2 aromatic heterocycles. The molecule has 0 bridgehead atoms. The molecular weight excluding hydrogens is 340 g/mol. The Balaban J connectivity index is 1.64. The highest BCUT2D eigenvalue weighted by atomic mass is 35.5. The van der Waals surface area contributed by atoms with Gasteiger partial charge in [0, 0.05) is 17.8 Å². The van der Waals surface area contributed by atoms with E-state index in [2.05, 4.69) is 4.98 Å². The van der Waals surface area contributed by atoms with Gasteiger partial charge < -0.3 is 4.74 Å². The lowest BCUT2D eigenvalue weighted by Crippen LogP contribution is -2.19. The van der Waals surface area contributed by atoms with Crippen LogP contribution in [0.1, 0.15) is 0 Å². The SMILES string of the molecule is Cn1c(SCCOc2cccc(Cl)c2)nc2sccc2c1=O. The van der Waals surface area contributed by atoms with E-state index in [0.29, 0.717) is 27.9 Å². The van der Waals surface area contributed by atoms with Gasteiger partial charge in [-0.25, -0.2) is 4.98 Å². The molecule has 3 rings (SSSR count). The van der Waals surface area contributed by atoms with Crippen molar-refractivity contribution in [3.05, 3.63) is 51.1 Å². The monoisotopic (exact) mass is 352 g/mol. The molecule has 0 aliphatic carbocycles. The van der Waals surface area contributed by atoms with Crippen molar-refractivity contribution in [3.8, 4) is 5.75 Å². The molecule has 0 saturated heterocycles. The largest absolute Gasteiger partial charge is 0.493 e. The van der Waals surface area contributed by atoms with E-state index in [-0.39, 0.29) is 5.56 Å². The minimum absolute atomic E-state index is 0.00971. The number of aromatic nitrogens is 2. The van der Waals surface area contributed by atoms with Gasteiger partial charge in [0.1, 0.15) is 10.6 Å². The first-order chi connectivity index (χ1) is 10.6. The lowest BCUT2D eigenvalue weighted by Gasteiger charge is -2.08. The molecule has 114 valence electrons. The molecule has 0 N–H and O–H groups in total. The van der Waals surface area contributed by atoms with Crippen LogP contribution in [-0.4, -0.2) is 21.9 Å². The quantitative estimate of drug-likeness (QED) is 0.398. The Morgan fingerprint density at radius 1 is 1.41 bits per heavy atom. The van der Waals surface area contributed by atoms with E-state index in [1.165, 1.54) is 23.1 Å². The molecule has 2 heterocycles. The Labute approximate surface area is 140 Å². The van der Waals surface area contributed by atoms with Crippen LogP contribution < -0.4 is 10.3 Å². The number of benzene rings is 1. The van der Waals surface area contributed by atoms with Crippen molar-refractivity contribution in [2.45, 2.75) is 5.16 Å². The molecule has 0 radical (unpaired) electrons. The fourth-order valence-corrected chi connectivity index (χ4v) is 3.73. The molecule has 0 unspecified atom stereocenters. The van der Waals surface area contributed by atoms with Crippen LogP contribution in [0.2, 0.25) is 5.02 Å². The molecule has 22 heavy (non-hydrogen) atoms. The van der Waals surface area contributed by atoms with Crippen molar-refractivity contribution in [2.75, 3.05) is 12.4 Å². The summed E-state index contributed by atoms with van der Waals surface area (Å²) in [5, 5.41) is 3.91. The van der Waals surface area contributed by atoms with Crippen LogP contribution in [0.5, 0.6) is 5.75 Å². The second-order valence-electron chi connectivity index (χ2n) is 4.55.